The number of aliphatic hydroxyl groups excluding tert-OH is 1. The van der Waals surface area contributed by atoms with Crippen LogP contribution in [0.3, 0.4) is 0 Å². The van der Waals surface area contributed by atoms with E-state index in [1.165, 1.54) is 23.9 Å². The van der Waals surface area contributed by atoms with E-state index >= 15 is 0 Å². The minimum absolute atomic E-state index is 0.230. The molecule has 1 unspecified atom stereocenters. The smallest absolute Gasteiger partial charge is 0.123 e. The molecule has 1 rings (SSSR count). The number of halogens is 1. The molecule has 0 bridgehead atoms. The van der Waals surface area contributed by atoms with Gasteiger partial charge in [0.25, 0.3) is 0 Å². The standard InChI is InChI=1S/C12H15FOS/c1-2-3-4-11(14)9-15-12-7-5-10(13)6-8-12/h2,5-8,11,14H,1,3-4,9H2. The van der Waals surface area contributed by atoms with Gasteiger partial charge >= 0.3 is 0 Å². The molecule has 0 saturated carbocycles. The molecule has 1 nitrogen and oxygen atoms in total. The topological polar surface area (TPSA) is 20.2 Å². The number of thioether (sulfide) groups is 1. The lowest BCUT2D eigenvalue weighted by molar-refractivity contribution is 0.190. The van der Waals surface area contributed by atoms with Crippen LogP contribution in [-0.2, 0) is 0 Å². The van der Waals surface area contributed by atoms with Crippen molar-refractivity contribution in [2.45, 2.75) is 23.8 Å². The van der Waals surface area contributed by atoms with Crippen molar-refractivity contribution in [2.24, 2.45) is 0 Å². The van der Waals surface area contributed by atoms with Crippen LogP contribution in [0, 0.1) is 5.82 Å². The van der Waals surface area contributed by atoms with Gasteiger partial charge in [0.15, 0.2) is 0 Å². The predicted octanol–water partition coefficient (Wildman–Crippen LogP) is 3.24. The molecule has 0 fully saturated rings. The van der Waals surface area contributed by atoms with Crippen LogP contribution in [0.4, 0.5) is 4.39 Å². The van der Waals surface area contributed by atoms with Crippen molar-refractivity contribution in [1.82, 2.24) is 0 Å². The van der Waals surface area contributed by atoms with E-state index in [0.29, 0.717) is 5.75 Å². The summed E-state index contributed by atoms with van der Waals surface area (Å²) in [4.78, 5) is 0.981. The summed E-state index contributed by atoms with van der Waals surface area (Å²) in [7, 11) is 0. The van der Waals surface area contributed by atoms with Gasteiger partial charge in [-0.3, -0.25) is 0 Å². The Morgan fingerprint density at radius 2 is 2.07 bits per heavy atom. The van der Waals surface area contributed by atoms with Crippen LogP contribution in [0.15, 0.2) is 41.8 Å². The normalized spacial score (nSPS) is 12.4. The quantitative estimate of drug-likeness (QED) is 0.593. The third-order valence-corrected chi connectivity index (χ3v) is 3.12. The average Bonchev–Trinajstić information content (AvgIpc) is 2.25. The highest BCUT2D eigenvalue weighted by molar-refractivity contribution is 7.99. The van der Waals surface area contributed by atoms with Crippen molar-refractivity contribution in [3.8, 4) is 0 Å². The van der Waals surface area contributed by atoms with Crippen LogP contribution >= 0.6 is 11.8 Å². The lowest BCUT2D eigenvalue weighted by Gasteiger charge is -2.08. The van der Waals surface area contributed by atoms with Crippen LogP contribution in [0.25, 0.3) is 0 Å². The second kappa shape index (κ2) is 6.64. The number of aliphatic hydroxyl groups is 1. The fourth-order valence-electron chi connectivity index (χ4n) is 1.12. The van der Waals surface area contributed by atoms with Gasteiger partial charge in [0, 0.05) is 10.6 Å². The fourth-order valence-corrected chi connectivity index (χ4v) is 2.00. The Bertz CT molecular complexity index is 297. The molecular formula is C12H15FOS. The van der Waals surface area contributed by atoms with Crippen molar-refractivity contribution in [1.29, 1.82) is 0 Å². The summed E-state index contributed by atoms with van der Waals surface area (Å²) in [5.41, 5.74) is 0. The first-order valence-electron chi connectivity index (χ1n) is 4.89. The molecule has 0 heterocycles. The van der Waals surface area contributed by atoms with E-state index < -0.39 is 0 Å². The highest BCUT2D eigenvalue weighted by atomic mass is 32.2. The summed E-state index contributed by atoms with van der Waals surface area (Å²) in [5.74, 6) is 0.408. The monoisotopic (exact) mass is 226 g/mol. The van der Waals surface area contributed by atoms with Crippen molar-refractivity contribution in [2.75, 3.05) is 5.75 Å². The van der Waals surface area contributed by atoms with Crippen molar-refractivity contribution >= 4 is 11.8 Å². The second-order valence-corrected chi connectivity index (χ2v) is 4.38. The van der Waals surface area contributed by atoms with Crippen molar-refractivity contribution < 1.29 is 9.50 Å². The molecule has 15 heavy (non-hydrogen) atoms. The van der Waals surface area contributed by atoms with Gasteiger partial charge in [0.1, 0.15) is 5.82 Å². The van der Waals surface area contributed by atoms with Crippen LogP contribution in [-0.4, -0.2) is 17.0 Å². The van der Waals surface area contributed by atoms with E-state index in [4.69, 9.17) is 0 Å². The summed E-state index contributed by atoms with van der Waals surface area (Å²) in [5, 5.41) is 9.55. The molecule has 0 aliphatic heterocycles. The number of allylic oxidation sites excluding steroid dienone is 1. The highest BCUT2D eigenvalue weighted by Gasteiger charge is 2.03. The zero-order valence-corrected chi connectivity index (χ0v) is 9.34. The molecule has 0 saturated heterocycles. The van der Waals surface area contributed by atoms with Gasteiger partial charge < -0.3 is 5.11 Å². The number of hydrogen-bond acceptors (Lipinski definition) is 2. The Morgan fingerprint density at radius 3 is 2.67 bits per heavy atom. The maximum atomic E-state index is 12.6. The van der Waals surface area contributed by atoms with Crippen molar-refractivity contribution in [3.63, 3.8) is 0 Å². The minimum atomic E-state index is -0.321. The first-order chi connectivity index (χ1) is 7.22. The van der Waals surface area contributed by atoms with E-state index in [0.717, 1.165) is 17.7 Å². The van der Waals surface area contributed by atoms with E-state index in [1.807, 2.05) is 0 Å². The van der Waals surface area contributed by atoms with Gasteiger partial charge in [0.2, 0.25) is 0 Å². The molecule has 0 amide bonds. The number of benzene rings is 1. The lowest BCUT2D eigenvalue weighted by Crippen LogP contribution is -2.08. The summed E-state index contributed by atoms with van der Waals surface area (Å²) in [6.45, 7) is 3.60. The first kappa shape index (κ1) is 12.3. The van der Waals surface area contributed by atoms with Crippen LogP contribution in [0.2, 0.25) is 0 Å². The third kappa shape index (κ3) is 5.00. The Hall–Kier alpha value is -0.800. The maximum Gasteiger partial charge on any atom is 0.123 e. The molecule has 0 aromatic heterocycles. The molecule has 1 aromatic carbocycles. The van der Waals surface area contributed by atoms with Gasteiger partial charge in [-0.1, -0.05) is 6.08 Å². The van der Waals surface area contributed by atoms with Crippen molar-refractivity contribution in [3.05, 3.63) is 42.7 Å². The van der Waals surface area contributed by atoms with Gasteiger partial charge in [-0.05, 0) is 37.1 Å². The average molecular weight is 226 g/mol. The summed E-state index contributed by atoms with van der Waals surface area (Å²) in [6, 6.07) is 6.30. The summed E-state index contributed by atoms with van der Waals surface area (Å²) >= 11 is 1.54. The molecule has 1 aromatic rings. The fraction of sp³-hybridized carbons (Fsp3) is 0.333. The highest BCUT2D eigenvalue weighted by Crippen LogP contribution is 2.20. The second-order valence-electron chi connectivity index (χ2n) is 3.28. The molecular weight excluding hydrogens is 211 g/mol. The van der Waals surface area contributed by atoms with Gasteiger partial charge in [-0.2, -0.15) is 0 Å². The molecule has 3 heteroatoms. The molecule has 0 radical (unpaired) electrons. The van der Waals surface area contributed by atoms with Gasteiger partial charge in [-0.25, -0.2) is 4.39 Å². The molecule has 1 N–H and O–H groups in total. The SMILES string of the molecule is C=CCCC(O)CSc1ccc(F)cc1. The Kier molecular flexibility index (Phi) is 5.43. The molecule has 0 aliphatic carbocycles. The Morgan fingerprint density at radius 1 is 1.40 bits per heavy atom. The first-order valence-corrected chi connectivity index (χ1v) is 5.88. The summed E-state index contributed by atoms with van der Waals surface area (Å²) < 4.78 is 12.6. The van der Waals surface area contributed by atoms with E-state index in [1.54, 1.807) is 18.2 Å². The maximum absolute atomic E-state index is 12.6. The zero-order valence-electron chi connectivity index (χ0n) is 8.53. The van der Waals surface area contributed by atoms with Crippen LogP contribution in [0.5, 0.6) is 0 Å². The third-order valence-electron chi connectivity index (χ3n) is 1.96. The van der Waals surface area contributed by atoms with E-state index in [9.17, 15) is 9.50 Å². The van der Waals surface area contributed by atoms with Crippen LogP contribution in [0.1, 0.15) is 12.8 Å². The minimum Gasteiger partial charge on any atom is -0.392 e. The lowest BCUT2D eigenvalue weighted by atomic mass is 10.2. The molecule has 1 atom stereocenters. The predicted molar refractivity (Wildman–Crippen MR) is 62.6 cm³/mol. The summed E-state index contributed by atoms with van der Waals surface area (Å²) in [6.07, 6.45) is 3.03. The van der Waals surface area contributed by atoms with Gasteiger partial charge in [0.05, 0.1) is 6.10 Å². The Labute approximate surface area is 94.0 Å². The molecule has 0 spiro atoms. The molecule has 0 aliphatic rings. The molecule has 82 valence electrons. The number of hydrogen-bond donors (Lipinski definition) is 1. The van der Waals surface area contributed by atoms with E-state index in [-0.39, 0.29) is 11.9 Å². The van der Waals surface area contributed by atoms with E-state index in [2.05, 4.69) is 6.58 Å². The number of rotatable bonds is 6. The largest absolute Gasteiger partial charge is 0.392 e. The van der Waals surface area contributed by atoms with Crippen LogP contribution < -0.4 is 0 Å². The Balaban J connectivity index is 2.30. The van der Waals surface area contributed by atoms with Gasteiger partial charge in [-0.15, -0.1) is 18.3 Å². The zero-order chi connectivity index (χ0) is 11.1.